The van der Waals surface area contributed by atoms with E-state index in [0.717, 1.165) is 38.4 Å². The third-order valence-corrected chi connectivity index (χ3v) is 6.95. The van der Waals surface area contributed by atoms with Crippen LogP contribution in [0.5, 0.6) is 11.5 Å². The molecule has 1 heterocycles. The predicted molar refractivity (Wildman–Crippen MR) is 134 cm³/mol. The molecule has 5 aromatic rings. The molecule has 0 N–H and O–H groups in total. The first-order chi connectivity index (χ1) is 15.8. The molecule has 5 aromatic carbocycles. The Morgan fingerprint density at radius 1 is 0.625 bits per heavy atom. The number of anilines is 3. The Morgan fingerprint density at radius 3 is 2.31 bits per heavy atom. The highest BCUT2D eigenvalue weighted by Gasteiger charge is 2.25. The van der Waals surface area contributed by atoms with Crippen LogP contribution in [0.4, 0.5) is 17.1 Å². The Morgan fingerprint density at radius 2 is 1.44 bits per heavy atom. The highest BCUT2D eigenvalue weighted by atomic mass is 35.5. The summed E-state index contributed by atoms with van der Waals surface area (Å²) >= 11 is 7.91. The molecule has 0 atom stereocenters. The molecule has 0 aromatic heterocycles. The molecule has 0 saturated heterocycles. The van der Waals surface area contributed by atoms with Crippen molar-refractivity contribution in [1.29, 1.82) is 0 Å². The van der Waals surface area contributed by atoms with Crippen LogP contribution in [0.1, 0.15) is 0 Å². The van der Waals surface area contributed by atoms with Crippen molar-refractivity contribution in [3.05, 3.63) is 114 Å². The lowest BCUT2D eigenvalue weighted by atomic mass is 10.1. The van der Waals surface area contributed by atoms with Crippen LogP contribution in [-0.2, 0) is 0 Å². The summed E-state index contributed by atoms with van der Waals surface area (Å²) in [6, 6.07) is 37.5. The van der Waals surface area contributed by atoms with E-state index in [1.165, 1.54) is 10.8 Å². The van der Waals surface area contributed by atoms with Crippen LogP contribution in [0, 0.1) is 0 Å². The smallest absolute Gasteiger partial charge is 0.143 e. The van der Waals surface area contributed by atoms with Gasteiger partial charge >= 0.3 is 0 Å². The summed E-state index contributed by atoms with van der Waals surface area (Å²) < 4.78 is 6.26. The lowest BCUT2D eigenvalue weighted by Gasteiger charge is -2.30. The fraction of sp³-hybridized carbons (Fsp3) is 0. The van der Waals surface area contributed by atoms with Gasteiger partial charge in [0.1, 0.15) is 11.5 Å². The molecule has 0 unspecified atom stereocenters. The number of hydrogen-bond acceptors (Lipinski definition) is 3. The third-order valence-electron chi connectivity index (χ3n) is 5.54. The maximum Gasteiger partial charge on any atom is 0.143 e. The van der Waals surface area contributed by atoms with Crippen molar-refractivity contribution in [2.24, 2.45) is 0 Å². The molecule has 0 saturated carbocycles. The van der Waals surface area contributed by atoms with Gasteiger partial charge in [-0.25, -0.2) is 0 Å². The zero-order valence-electron chi connectivity index (χ0n) is 17.0. The van der Waals surface area contributed by atoms with Gasteiger partial charge in [0.2, 0.25) is 0 Å². The van der Waals surface area contributed by atoms with Crippen LogP contribution in [0.2, 0.25) is 5.02 Å². The summed E-state index contributed by atoms with van der Waals surface area (Å²) in [5, 5.41) is 3.11. The average Bonchev–Trinajstić information content (AvgIpc) is 2.84. The summed E-state index contributed by atoms with van der Waals surface area (Å²) in [7, 11) is 0. The average molecular weight is 452 g/mol. The quantitative estimate of drug-likeness (QED) is 0.266. The SMILES string of the molecule is Clc1ccc2c(c1)Oc1cccc(N(c3ccccc3)c3ccc4ccccc4c3)c1S2. The van der Waals surface area contributed by atoms with E-state index in [9.17, 15) is 0 Å². The minimum Gasteiger partial charge on any atom is -0.455 e. The number of hydrogen-bond donors (Lipinski definition) is 0. The van der Waals surface area contributed by atoms with Crippen molar-refractivity contribution in [3.63, 3.8) is 0 Å². The summed E-state index contributed by atoms with van der Waals surface area (Å²) in [6.07, 6.45) is 0. The molecule has 154 valence electrons. The molecule has 32 heavy (non-hydrogen) atoms. The number of nitrogens with zero attached hydrogens (tertiary/aromatic N) is 1. The van der Waals surface area contributed by atoms with Gasteiger partial charge in [-0.15, -0.1) is 0 Å². The highest BCUT2D eigenvalue weighted by molar-refractivity contribution is 7.99. The molecule has 1 aliphatic heterocycles. The molecule has 6 rings (SSSR count). The number of benzene rings is 5. The topological polar surface area (TPSA) is 12.5 Å². The Hall–Kier alpha value is -3.40. The Balaban J connectivity index is 1.54. The number of halogens is 1. The number of ether oxygens (including phenoxy) is 1. The first kappa shape index (κ1) is 19.3. The van der Waals surface area contributed by atoms with Crippen molar-refractivity contribution in [1.82, 2.24) is 0 Å². The van der Waals surface area contributed by atoms with E-state index in [2.05, 4.69) is 77.7 Å². The molecule has 2 nitrogen and oxygen atoms in total. The molecule has 0 bridgehead atoms. The normalized spacial score (nSPS) is 12.0. The van der Waals surface area contributed by atoms with E-state index < -0.39 is 0 Å². The minimum atomic E-state index is 0.672. The Labute approximate surface area is 196 Å². The van der Waals surface area contributed by atoms with Crippen molar-refractivity contribution in [3.8, 4) is 11.5 Å². The van der Waals surface area contributed by atoms with Gasteiger partial charge in [0.15, 0.2) is 0 Å². The van der Waals surface area contributed by atoms with Gasteiger partial charge in [-0.1, -0.05) is 78.0 Å². The molecule has 0 radical (unpaired) electrons. The summed E-state index contributed by atoms with van der Waals surface area (Å²) in [4.78, 5) is 4.43. The van der Waals surface area contributed by atoms with Gasteiger partial charge in [0, 0.05) is 22.5 Å². The van der Waals surface area contributed by atoms with Crippen molar-refractivity contribution < 1.29 is 4.74 Å². The second kappa shape index (κ2) is 7.94. The predicted octanol–water partition coefficient (Wildman–Crippen LogP) is 9.22. The first-order valence-corrected chi connectivity index (χ1v) is 11.6. The van der Waals surface area contributed by atoms with Crippen molar-refractivity contribution in [2.75, 3.05) is 4.90 Å². The zero-order chi connectivity index (χ0) is 21.5. The molecule has 0 amide bonds. The zero-order valence-corrected chi connectivity index (χ0v) is 18.6. The summed E-state index contributed by atoms with van der Waals surface area (Å²) in [5.41, 5.74) is 3.28. The van der Waals surface area contributed by atoms with Gasteiger partial charge < -0.3 is 9.64 Å². The molecule has 0 aliphatic carbocycles. The lowest BCUT2D eigenvalue weighted by molar-refractivity contribution is 0.455. The number of rotatable bonds is 3. The highest BCUT2D eigenvalue weighted by Crippen LogP contribution is 2.53. The van der Waals surface area contributed by atoms with Gasteiger partial charge in [0.25, 0.3) is 0 Å². The van der Waals surface area contributed by atoms with Crippen molar-refractivity contribution >= 4 is 51.2 Å². The lowest BCUT2D eigenvalue weighted by Crippen LogP contribution is -2.12. The molecule has 0 fully saturated rings. The summed E-state index contributed by atoms with van der Waals surface area (Å²) in [5.74, 6) is 1.63. The molecule has 1 aliphatic rings. The van der Waals surface area contributed by atoms with E-state index in [-0.39, 0.29) is 0 Å². The minimum absolute atomic E-state index is 0.672. The largest absolute Gasteiger partial charge is 0.455 e. The first-order valence-electron chi connectivity index (χ1n) is 10.4. The van der Waals surface area contributed by atoms with E-state index in [0.29, 0.717) is 5.02 Å². The van der Waals surface area contributed by atoms with Crippen LogP contribution in [0.25, 0.3) is 10.8 Å². The molecular formula is C28H18ClNOS. The monoisotopic (exact) mass is 451 g/mol. The number of para-hydroxylation sites is 1. The molecule has 0 spiro atoms. The second-order valence-electron chi connectivity index (χ2n) is 7.60. The van der Waals surface area contributed by atoms with Crippen LogP contribution >= 0.6 is 23.4 Å². The molecule has 4 heteroatoms. The van der Waals surface area contributed by atoms with E-state index in [4.69, 9.17) is 16.3 Å². The third kappa shape index (κ3) is 3.40. The standard InChI is InChI=1S/C28H18ClNOS/c29-21-14-16-27-26(18-21)31-25-12-6-11-24(28(25)32-27)30(22-9-2-1-3-10-22)23-15-13-19-7-4-5-8-20(19)17-23/h1-18H. The van der Waals surface area contributed by atoms with Gasteiger partial charge in [-0.3, -0.25) is 0 Å². The van der Waals surface area contributed by atoms with Gasteiger partial charge in [0.05, 0.1) is 15.5 Å². The van der Waals surface area contributed by atoms with Crippen LogP contribution in [0.15, 0.2) is 119 Å². The van der Waals surface area contributed by atoms with E-state index in [1.807, 2.05) is 36.4 Å². The van der Waals surface area contributed by atoms with Gasteiger partial charge in [-0.2, -0.15) is 0 Å². The maximum atomic E-state index is 6.26. The fourth-order valence-electron chi connectivity index (χ4n) is 4.06. The summed E-state index contributed by atoms with van der Waals surface area (Å²) in [6.45, 7) is 0. The van der Waals surface area contributed by atoms with Crippen molar-refractivity contribution in [2.45, 2.75) is 9.79 Å². The van der Waals surface area contributed by atoms with Crippen LogP contribution in [-0.4, -0.2) is 0 Å². The fourth-order valence-corrected chi connectivity index (χ4v) is 5.25. The maximum absolute atomic E-state index is 6.26. The van der Waals surface area contributed by atoms with Gasteiger partial charge in [-0.05, 0) is 59.3 Å². The number of fused-ring (bicyclic) bond motifs is 3. The Kier molecular flexibility index (Phi) is 4.79. The Bertz CT molecular complexity index is 1450. The van der Waals surface area contributed by atoms with Crippen LogP contribution in [0.3, 0.4) is 0 Å². The molecular weight excluding hydrogens is 434 g/mol. The second-order valence-corrected chi connectivity index (χ2v) is 9.09. The van der Waals surface area contributed by atoms with E-state index >= 15 is 0 Å². The van der Waals surface area contributed by atoms with E-state index in [1.54, 1.807) is 11.8 Å². The van der Waals surface area contributed by atoms with Crippen LogP contribution < -0.4 is 9.64 Å².